The van der Waals surface area contributed by atoms with Gasteiger partial charge < -0.3 is 41.0 Å². The summed E-state index contributed by atoms with van der Waals surface area (Å²) in [6.45, 7) is 3.72. The highest BCUT2D eigenvalue weighted by atomic mass is 16.5. The van der Waals surface area contributed by atoms with Crippen molar-refractivity contribution in [2.24, 2.45) is 11.7 Å². The lowest BCUT2D eigenvalue weighted by molar-refractivity contribution is -0.184. The molecule has 6 rings (SSSR count). The molecule has 0 radical (unpaired) electrons. The smallest absolute Gasteiger partial charge is 0.287 e. The number of aromatic nitrogens is 3. The van der Waals surface area contributed by atoms with E-state index in [9.17, 15) is 34.2 Å². The van der Waals surface area contributed by atoms with Crippen LogP contribution in [0.25, 0.3) is 0 Å². The summed E-state index contributed by atoms with van der Waals surface area (Å²) in [5.41, 5.74) is 2.68. The zero-order valence-corrected chi connectivity index (χ0v) is 29.7. The molecular weight excluding hydrogens is 674 g/mol. The second kappa shape index (κ2) is 15.0. The van der Waals surface area contributed by atoms with Gasteiger partial charge in [0.1, 0.15) is 28.8 Å². The van der Waals surface area contributed by atoms with Gasteiger partial charge in [-0.1, -0.05) is 49.5 Å². The molecule has 1 aliphatic carbocycles. The Hall–Kier alpha value is -4.25. The third-order valence-corrected chi connectivity index (χ3v) is 11.0. The number of amides is 4. The number of nitrogens with zero attached hydrogens (tertiary/aromatic N) is 4. The molecule has 16 nitrogen and oxygen atoms in total. The van der Waals surface area contributed by atoms with Crippen LogP contribution in [0, 0.1) is 5.92 Å². The van der Waals surface area contributed by atoms with Gasteiger partial charge in [-0.25, -0.2) is 4.68 Å². The van der Waals surface area contributed by atoms with Crippen LogP contribution in [0.15, 0.2) is 30.5 Å². The lowest BCUT2D eigenvalue weighted by Gasteiger charge is -2.37. The Morgan fingerprint density at radius 3 is 2.31 bits per heavy atom. The van der Waals surface area contributed by atoms with Gasteiger partial charge in [0, 0.05) is 44.6 Å². The van der Waals surface area contributed by atoms with Gasteiger partial charge in [0.05, 0.1) is 31.1 Å². The number of hydrogen-bond acceptors (Lipinski definition) is 11. The summed E-state index contributed by atoms with van der Waals surface area (Å²) in [4.78, 5) is 69.5. The van der Waals surface area contributed by atoms with E-state index in [0.717, 1.165) is 32.1 Å². The van der Waals surface area contributed by atoms with Crippen molar-refractivity contribution in [3.63, 3.8) is 0 Å². The number of rotatable bonds is 12. The highest BCUT2D eigenvalue weighted by Gasteiger charge is 2.49. The molecule has 52 heavy (non-hydrogen) atoms. The number of primary amides is 1. The Bertz CT molecular complexity index is 1650. The first-order valence-corrected chi connectivity index (χ1v) is 18.1. The van der Waals surface area contributed by atoms with E-state index in [1.165, 1.54) is 15.8 Å². The molecular formula is C36H49N7O9. The average Bonchev–Trinajstić information content (AvgIpc) is 3.79. The van der Waals surface area contributed by atoms with Crippen molar-refractivity contribution in [3.8, 4) is 0 Å². The van der Waals surface area contributed by atoms with Gasteiger partial charge in [0.25, 0.3) is 11.8 Å². The van der Waals surface area contributed by atoms with Gasteiger partial charge in [-0.3, -0.25) is 24.0 Å². The van der Waals surface area contributed by atoms with Crippen LogP contribution in [-0.4, -0.2) is 110 Å². The maximum atomic E-state index is 14.8. The third-order valence-electron chi connectivity index (χ3n) is 11.0. The largest absolute Gasteiger partial charge is 0.384 e. The zero-order chi connectivity index (χ0) is 37.3. The van der Waals surface area contributed by atoms with Crippen molar-refractivity contribution in [2.75, 3.05) is 33.0 Å². The van der Waals surface area contributed by atoms with Crippen LogP contribution in [0.3, 0.4) is 0 Å². The van der Waals surface area contributed by atoms with Crippen LogP contribution in [-0.2, 0) is 39.9 Å². The molecule has 1 aromatic heterocycles. The van der Waals surface area contributed by atoms with Gasteiger partial charge in [0.15, 0.2) is 0 Å². The number of nitrogens with one attached hydrogen (secondary N) is 2. The monoisotopic (exact) mass is 723 g/mol. The zero-order valence-electron chi connectivity index (χ0n) is 29.7. The highest BCUT2D eigenvalue weighted by molar-refractivity contribution is 6.39. The Morgan fingerprint density at radius 2 is 1.71 bits per heavy atom. The maximum absolute atomic E-state index is 14.8. The van der Waals surface area contributed by atoms with Crippen molar-refractivity contribution >= 4 is 29.4 Å². The summed E-state index contributed by atoms with van der Waals surface area (Å²) in [7, 11) is 0. The predicted octanol–water partition coefficient (Wildman–Crippen LogP) is 0.354. The summed E-state index contributed by atoms with van der Waals surface area (Å²) in [5, 5.41) is 35.5. The molecule has 4 aliphatic rings. The van der Waals surface area contributed by atoms with Crippen molar-refractivity contribution in [2.45, 2.75) is 107 Å². The second-order valence-electron chi connectivity index (χ2n) is 15.3. The molecule has 1 saturated carbocycles. The summed E-state index contributed by atoms with van der Waals surface area (Å²) >= 11 is 0. The van der Waals surface area contributed by atoms with Gasteiger partial charge in [-0.2, -0.15) is 0 Å². The molecule has 3 atom stereocenters. The fourth-order valence-corrected chi connectivity index (χ4v) is 7.93. The quantitative estimate of drug-likeness (QED) is 0.188. The first-order chi connectivity index (χ1) is 24.7. The summed E-state index contributed by atoms with van der Waals surface area (Å²) in [5.74, 6) is -3.58. The van der Waals surface area contributed by atoms with Crippen molar-refractivity contribution in [1.29, 1.82) is 0 Å². The van der Waals surface area contributed by atoms with Crippen molar-refractivity contribution in [1.82, 2.24) is 30.5 Å². The topological polar surface area (TPSA) is 228 Å². The lowest BCUT2D eigenvalue weighted by Crippen LogP contribution is -2.64. The van der Waals surface area contributed by atoms with Crippen LogP contribution in [0.2, 0.25) is 0 Å². The summed E-state index contributed by atoms with van der Waals surface area (Å²) in [6, 6.07) is 3.79. The molecule has 16 heteroatoms. The number of aliphatic hydroxyl groups is 2. The molecule has 4 amide bonds. The van der Waals surface area contributed by atoms with Crippen molar-refractivity contribution in [3.05, 3.63) is 47.3 Å². The number of ketones is 1. The lowest BCUT2D eigenvalue weighted by atomic mass is 9.84. The number of ether oxygens (including phenoxy) is 2. The summed E-state index contributed by atoms with van der Waals surface area (Å²) in [6.07, 6.45) is 6.81. The Labute approximate surface area is 301 Å². The van der Waals surface area contributed by atoms with Crippen LogP contribution in [0.5, 0.6) is 0 Å². The number of carbonyl (C=O) groups excluding carboxylic acids is 5. The van der Waals surface area contributed by atoms with Gasteiger partial charge in [-0.15, -0.1) is 5.10 Å². The number of benzene rings is 1. The van der Waals surface area contributed by atoms with Crippen LogP contribution in [0.4, 0.5) is 0 Å². The molecule has 3 saturated heterocycles. The molecule has 0 spiro atoms. The van der Waals surface area contributed by atoms with Crippen molar-refractivity contribution < 1.29 is 43.7 Å². The standard InChI is InChI=1S/C36H49N7O9/c1-34(2,49)28-18-38-41-43(28)25-17-27(32(47)40-35(29(44)30(37)45)12-14-51-15-13-35)42(19-25)33(48)26(16-22-6-4-3-5-7-22)39-31(46)23-8-10-24(11-9-23)36(50)20-52-21-36/h8-11,18,22,25-27,49-50H,3-7,12-17,19-21H2,1-2H3,(H2,37,45)(H,39,46)(H,40,47)/t25-,26?,27-/m0/s1. The molecule has 3 aliphatic heterocycles. The van der Waals surface area contributed by atoms with E-state index in [1.54, 1.807) is 38.1 Å². The normalized spacial score (nSPS) is 23.7. The molecule has 4 heterocycles. The number of carbonyl (C=O) groups is 5. The van der Waals surface area contributed by atoms with E-state index in [2.05, 4.69) is 20.9 Å². The number of nitrogens with two attached hydrogens (primary N) is 1. The molecule has 4 fully saturated rings. The first kappa shape index (κ1) is 37.5. The minimum absolute atomic E-state index is 0.00434. The van der Waals surface area contributed by atoms with E-state index < -0.39 is 64.3 Å². The van der Waals surface area contributed by atoms with Gasteiger partial charge >= 0.3 is 0 Å². The Kier molecular flexibility index (Phi) is 10.8. The molecule has 0 bridgehead atoms. The first-order valence-electron chi connectivity index (χ1n) is 18.1. The van der Waals surface area contributed by atoms with E-state index in [-0.39, 0.29) is 58.2 Å². The molecule has 282 valence electrons. The van der Waals surface area contributed by atoms with Gasteiger partial charge in [-0.05, 0) is 43.9 Å². The molecule has 1 aromatic carbocycles. The predicted molar refractivity (Wildman–Crippen MR) is 183 cm³/mol. The molecule has 1 unspecified atom stereocenters. The number of hydrogen-bond donors (Lipinski definition) is 5. The van der Waals surface area contributed by atoms with E-state index >= 15 is 0 Å². The third kappa shape index (κ3) is 7.75. The van der Waals surface area contributed by atoms with Gasteiger partial charge in [0.2, 0.25) is 17.6 Å². The number of likely N-dealkylation sites (tertiary alicyclic amines) is 1. The van der Waals surface area contributed by atoms with E-state index in [4.69, 9.17) is 15.2 Å². The SMILES string of the molecule is CC(C)(O)c1cnnn1[C@H]1C[C@@H](C(=O)NC2(C(=O)C(N)=O)CCOCC2)N(C(=O)C(CC2CCCCC2)NC(=O)c2ccc(C3(O)COC3)cc2)C1. The Morgan fingerprint density at radius 1 is 1.04 bits per heavy atom. The minimum atomic E-state index is -1.60. The average molecular weight is 724 g/mol. The van der Waals surface area contributed by atoms with Crippen LogP contribution in [0.1, 0.15) is 99.3 Å². The number of Topliss-reactive ketones (excluding diaryl/α,β-unsaturated/α-hetero) is 1. The fraction of sp³-hybridized carbons (Fsp3) is 0.639. The molecule has 2 aromatic rings. The maximum Gasteiger partial charge on any atom is 0.287 e. The minimum Gasteiger partial charge on any atom is -0.384 e. The summed E-state index contributed by atoms with van der Waals surface area (Å²) < 4.78 is 12.1. The van der Waals surface area contributed by atoms with Crippen LogP contribution < -0.4 is 16.4 Å². The second-order valence-corrected chi connectivity index (χ2v) is 15.3. The fourth-order valence-electron chi connectivity index (χ4n) is 7.93. The van der Waals surface area contributed by atoms with E-state index in [0.29, 0.717) is 23.2 Å². The molecule has 6 N–H and O–H groups in total. The Balaban J connectivity index is 1.30. The van der Waals surface area contributed by atoms with E-state index in [1.807, 2.05) is 0 Å². The van der Waals surface area contributed by atoms with Crippen LogP contribution >= 0.6 is 0 Å². The highest BCUT2D eigenvalue weighted by Crippen LogP contribution is 2.35.